The van der Waals surface area contributed by atoms with Gasteiger partial charge < -0.3 is 15.4 Å². The molecule has 2 N–H and O–H groups in total. The average Bonchev–Trinajstić information content (AvgIpc) is 3.35. The number of amides is 2. The molecule has 1 aliphatic rings. The topological polar surface area (TPSA) is 85.2 Å². The van der Waals surface area contributed by atoms with E-state index in [-0.39, 0.29) is 18.4 Å². The monoisotopic (exact) mass is 456 g/mol. The van der Waals surface area contributed by atoms with E-state index in [0.717, 1.165) is 34.1 Å². The molecule has 2 aromatic carbocycles. The van der Waals surface area contributed by atoms with Crippen molar-refractivity contribution in [1.82, 2.24) is 15.1 Å². The first-order valence-electron chi connectivity index (χ1n) is 9.66. The van der Waals surface area contributed by atoms with E-state index in [1.807, 2.05) is 24.3 Å². The van der Waals surface area contributed by atoms with Gasteiger partial charge in [-0.3, -0.25) is 9.59 Å². The largest absolute Gasteiger partial charge is 0.497 e. The van der Waals surface area contributed by atoms with Crippen molar-refractivity contribution in [1.29, 1.82) is 0 Å². The fourth-order valence-corrected chi connectivity index (χ4v) is 4.40. The van der Waals surface area contributed by atoms with Crippen LogP contribution in [0.4, 0.5) is 5.82 Å². The Kier molecular flexibility index (Phi) is 6.48. The lowest BCUT2D eigenvalue weighted by Gasteiger charge is -2.12. The third kappa shape index (κ3) is 5.03. The van der Waals surface area contributed by atoms with Crippen molar-refractivity contribution in [3.8, 4) is 5.75 Å². The number of thioether (sulfide) groups is 1. The highest BCUT2D eigenvalue weighted by Gasteiger charge is 2.25. The van der Waals surface area contributed by atoms with Crippen LogP contribution in [0.2, 0.25) is 5.02 Å². The Morgan fingerprint density at radius 2 is 1.87 bits per heavy atom. The van der Waals surface area contributed by atoms with Crippen molar-refractivity contribution < 1.29 is 14.3 Å². The molecule has 3 aromatic rings. The van der Waals surface area contributed by atoms with Crippen molar-refractivity contribution in [3.63, 3.8) is 0 Å². The zero-order valence-electron chi connectivity index (χ0n) is 16.9. The zero-order chi connectivity index (χ0) is 21.8. The number of ether oxygens (including phenoxy) is 1. The maximum Gasteiger partial charge on any atom is 0.256 e. The van der Waals surface area contributed by atoms with E-state index in [1.54, 1.807) is 47.8 Å². The molecule has 7 nitrogen and oxygen atoms in total. The molecule has 0 bridgehead atoms. The van der Waals surface area contributed by atoms with E-state index in [9.17, 15) is 9.59 Å². The van der Waals surface area contributed by atoms with Crippen LogP contribution >= 0.6 is 23.4 Å². The summed E-state index contributed by atoms with van der Waals surface area (Å²) in [5.41, 5.74) is 3.32. The number of rotatable bonds is 7. The second-order valence-corrected chi connectivity index (χ2v) is 8.43. The lowest BCUT2D eigenvalue weighted by atomic mass is 10.2. The van der Waals surface area contributed by atoms with E-state index >= 15 is 0 Å². The summed E-state index contributed by atoms with van der Waals surface area (Å²) in [4.78, 5) is 25.3. The van der Waals surface area contributed by atoms with Crippen LogP contribution < -0.4 is 15.4 Å². The van der Waals surface area contributed by atoms with Gasteiger partial charge in [-0.15, -0.1) is 0 Å². The summed E-state index contributed by atoms with van der Waals surface area (Å²) in [6.07, 6.45) is 0. The molecule has 2 amide bonds. The van der Waals surface area contributed by atoms with E-state index < -0.39 is 0 Å². The summed E-state index contributed by atoms with van der Waals surface area (Å²) in [5, 5.41) is 10.9. The molecule has 31 heavy (non-hydrogen) atoms. The molecule has 0 radical (unpaired) electrons. The van der Waals surface area contributed by atoms with Gasteiger partial charge in [0.25, 0.3) is 5.91 Å². The number of carbonyl (C=O) groups excluding carboxylic acids is 2. The molecule has 0 saturated heterocycles. The normalized spacial score (nSPS) is 12.3. The maximum atomic E-state index is 12.7. The lowest BCUT2D eigenvalue weighted by molar-refractivity contribution is -0.122. The van der Waals surface area contributed by atoms with Crippen molar-refractivity contribution in [2.75, 3.05) is 12.4 Å². The number of halogens is 1. The minimum absolute atomic E-state index is 0.0179. The third-order valence-electron chi connectivity index (χ3n) is 4.90. The molecular weight excluding hydrogens is 436 g/mol. The quantitative estimate of drug-likeness (QED) is 0.564. The Morgan fingerprint density at radius 1 is 1.13 bits per heavy atom. The molecule has 1 aliphatic heterocycles. The van der Waals surface area contributed by atoms with Gasteiger partial charge in [-0.05, 0) is 42.0 Å². The van der Waals surface area contributed by atoms with Crippen LogP contribution in [0, 0.1) is 0 Å². The van der Waals surface area contributed by atoms with Gasteiger partial charge in [-0.1, -0.05) is 23.7 Å². The van der Waals surface area contributed by atoms with Crippen LogP contribution in [0.5, 0.6) is 5.75 Å². The summed E-state index contributed by atoms with van der Waals surface area (Å²) < 4.78 is 6.72. The molecule has 0 unspecified atom stereocenters. The maximum absolute atomic E-state index is 12.7. The van der Waals surface area contributed by atoms with Crippen molar-refractivity contribution in [3.05, 3.63) is 75.9 Å². The molecular formula is C22H21ClN4O3S. The number of methoxy groups -OCH3 is 1. The van der Waals surface area contributed by atoms with Crippen LogP contribution in [0.1, 0.15) is 27.2 Å². The molecule has 0 spiro atoms. The number of hydrogen-bond donors (Lipinski definition) is 2. The highest BCUT2D eigenvalue weighted by molar-refractivity contribution is 7.98. The van der Waals surface area contributed by atoms with Gasteiger partial charge in [-0.2, -0.15) is 16.9 Å². The van der Waals surface area contributed by atoms with Gasteiger partial charge in [0.2, 0.25) is 5.91 Å². The van der Waals surface area contributed by atoms with E-state index in [1.165, 1.54) is 0 Å². The first-order valence-corrected chi connectivity index (χ1v) is 11.2. The molecule has 0 saturated carbocycles. The van der Waals surface area contributed by atoms with Gasteiger partial charge in [0.1, 0.15) is 18.1 Å². The minimum Gasteiger partial charge on any atom is -0.497 e. The van der Waals surface area contributed by atoms with Gasteiger partial charge in [-0.25, -0.2) is 4.68 Å². The van der Waals surface area contributed by atoms with E-state index in [0.29, 0.717) is 22.9 Å². The summed E-state index contributed by atoms with van der Waals surface area (Å²) in [7, 11) is 1.61. The Labute approximate surface area is 189 Å². The van der Waals surface area contributed by atoms with Crippen LogP contribution in [0.25, 0.3) is 0 Å². The van der Waals surface area contributed by atoms with Crippen LogP contribution in [-0.4, -0.2) is 28.7 Å². The Bertz CT molecular complexity index is 1100. The SMILES string of the molecule is COc1ccc(CNC(=O)Cn2nc3c(c2NC(=O)c2ccc(Cl)cc2)CSC3)cc1. The smallest absolute Gasteiger partial charge is 0.256 e. The standard InChI is InChI=1S/C22H21ClN4O3S/c1-30-17-8-2-14(3-9-17)10-24-20(28)11-27-21(18-12-31-13-19(18)26-27)25-22(29)15-4-6-16(23)7-5-15/h2-9H,10-13H2,1H3,(H,24,28)(H,25,29). The van der Waals surface area contributed by atoms with Crippen molar-refractivity contribution >= 4 is 41.0 Å². The number of aromatic nitrogens is 2. The highest BCUT2D eigenvalue weighted by atomic mass is 35.5. The fraction of sp³-hybridized carbons (Fsp3) is 0.227. The molecule has 0 fully saturated rings. The van der Waals surface area contributed by atoms with Gasteiger partial charge in [0, 0.05) is 34.2 Å². The van der Waals surface area contributed by atoms with E-state index in [2.05, 4.69) is 15.7 Å². The summed E-state index contributed by atoms with van der Waals surface area (Å²) in [5.74, 6) is 2.39. The van der Waals surface area contributed by atoms with Gasteiger partial charge in [0.15, 0.2) is 0 Å². The zero-order valence-corrected chi connectivity index (χ0v) is 18.4. The second-order valence-electron chi connectivity index (χ2n) is 7.01. The highest BCUT2D eigenvalue weighted by Crippen LogP contribution is 2.34. The number of hydrogen-bond acceptors (Lipinski definition) is 5. The van der Waals surface area contributed by atoms with Crippen molar-refractivity contribution in [2.45, 2.75) is 24.6 Å². The van der Waals surface area contributed by atoms with Crippen LogP contribution in [0.15, 0.2) is 48.5 Å². The number of nitrogens with zero attached hydrogens (tertiary/aromatic N) is 2. The molecule has 0 atom stereocenters. The fourth-order valence-electron chi connectivity index (χ4n) is 3.24. The van der Waals surface area contributed by atoms with Crippen LogP contribution in [0.3, 0.4) is 0 Å². The van der Waals surface area contributed by atoms with E-state index in [4.69, 9.17) is 16.3 Å². The van der Waals surface area contributed by atoms with Gasteiger partial charge >= 0.3 is 0 Å². The first kappa shape index (κ1) is 21.3. The number of fused-ring (bicyclic) bond motifs is 1. The summed E-state index contributed by atoms with van der Waals surface area (Å²) >= 11 is 7.64. The minimum atomic E-state index is -0.267. The predicted octanol–water partition coefficient (Wildman–Crippen LogP) is 3.86. The number of benzene rings is 2. The molecule has 9 heteroatoms. The lowest BCUT2D eigenvalue weighted by Crippen LogP contribution is -2.28. The average molecular weight is 457 g/mol. The molecule has 2 heterocycles. The Balaban J connectivity index is 1.44. The molecule has 160 valence electrons. The summed E-state index contributed by atoms with van der Waals surface area (Å²) in [6, 6.07) is 14.2. The number of anilines is 1. The predicted molar refractivity (Wildman–Crippen MR) is 121 cm³/mol. The van der Waals surface area contributed by atoms with Crippen LogP contribution in [-0.2, 0) is 29.4 Å². The molecule has 4 rings (SSSR count). The number of carbonyl (C=O) groups is 2. The number of nitrogens with one attached hydrogen (secondary N) is 2. The third-order valence-corrected chi connectivity index (χ3v) is 6.12. The summed E-state index contributed by atoms with van der Waals surface area (Å²) in [6.45, 7) is 0.413. The Morgan fingerprint density at radius 3 is 2.58 bits per heavy atom. The molecule has 1 aromatic heterocycles. The van der Waals surface area contributed by atoms with Crippen molar-refractivity contribution in [2.24, 2.45) is 0 Å². The van der Waals surface area contributed by atoms with Gasteiger partial charge in [0.05, 0.1) is 12.8 Å². The first-order chi connectivity index (χ1) is 15.0. The second kappa shape index (κ2) is 9.45. The Hall–Kier alpha value is -2.97. The molecule has 0 aliphatic carbocycles.